The maximum atomic E-state index is 12.2. The number of likely N-dealkylation sites (N-methyl/N-ethyl adjacent to an activating group) is 1. The van der Waals surface area contributed by atoms with Crippen molar-refractivity contribution in [1.82, 2.24) is 29.9 Å². The Bertz CT molecular complexity index is 458. The van der Waals surface area contributed by atoms with Crippen LogP contribution in [0.5, 0.6) is 0 Å². The van der Waals surface area contributed by atoms with Gasteiger partial charge in [-0.3, -0.25) is 9.69 Å². The maximum absolute atomic E-state index is 12.2. The largest absolute Gasteiger partial charge is 0.339 e. The summed E-state index contributed by atoms with van der Waals surface area (Å²) in [5, 5.41) is 11.5. The molecule has 1 aromatic rings. The van der Waals surface area contributed by atoms with E-state index in [1.165, 1.54) is 0 Å². The number of hydrogen-bond donors (Lipinski definition) is 1. The van der Waals surface area contributed by atoms with Crippen LogP contribution in [0.4, 0.5) is 0 Å². The molecule has 0 bridgehead atoms. The van der Waals surface area contributed by atoms with Gasteiger partial charge in [-0.15, -0.1) is 22.6 Å². The molecular formula is C13H25ClN6O. The van der Waals surface area contributed by atoms with Crippen LogP contribution in [0.3, 0.4) is 0 Å². The molecule has 0 saturated carbocycles. The highest BCUT2D eigenvalue weighted by molar-refractivity contribution is 5.85. The number of aromatic nitrogens is 3. The molecule has 0 unspecified atom stereocenters. The van der Waals surface area contributed by atoms with Crippen molar-refractivity contribution in [3.63, 3.8) is 0 Å². The molecule has 1 N–H and O–H groups in total. The summed E-state index contributed by atoms with van der Waals surface area (Å²) in [6.07, 6.45) is 0. The summed E-state index contributed by atoms with van der Waals surface area (Å²) >= 11 is 0. The molecule has 0 atom stereocenters. The van der Waals surface area contributed by atoms with E-state index < -0.39 is 0 Å². The van der Waals surface area contributed by atoms with Crippen molar-refractivity contribution in [2.75, 3.05) is 39.8 Å². The average molecular weight is 317 g/mol. The van der Waals surface area contributed by atoms with E-state index >= 15 is 0 Å². The topological polar surface area (TPSA) is 66.3 Å². The molecule has 1 saturated heterocycles. The van der Waals surface area contributed by atoms with Gasteiger partial charge in [-0.25, -0.2) is 0 Å². The number of hydrogen-bond acceptors (Lipinski definition) is 5. The Labute approximate surface area is 132 Å². The Kier molecular flexibility index (Phi) is 7.07. The molecule has 1 amide bonds. The molecule has 120 valence electrons. The summed E-state index contributed by atoms with van der Waals surface area (Å²) in [5.41, 5.74) is 0. The van der Waals surface area contributed by atoms with Gasteiger partial charge in [-0.05, 0) is 20.9 Å². The Morgan fingerprint density at radius 2 is 2.00 bits per heavy atom. The monoisotopic (exact) mass is 316 g/mol. The second-order valence-corrected chi connectivity index (χ2v) is 5.21. The van der Waals surface area contributed by atoms with Crippen LogP contribution in [-0.2, 0) is 17.9 Å². The molecule has 1 aromatic heterocycles. The minimum absolute atomic E-state index is 0. The van der Waals surface area contributed by atoms with Gasteiger partial charge < -0.3 is 14.8 Å². The molecule has 21 heavy (non-hydrogen) atoms. The van der Waals surface area contributed by atoms with Crippen molar-refractivity contribution in [2.45, 2.75) is 26.9 Å². The van der Waals surface area contributed by atoms with E-state index in [4.69, 9.17) is 0 Å². The molecule has 7 nitrogen and oxygen atoms in total. The summed E-state index contributed by atoms with van der Waals surface area (Å²) in [5.74, 6) is 2.03. The van der Waals surface area contributed by atoms with Crippen LogP contribution in [0.15, 0.2) is 0 Å². The lowest BCUT2D eigenvalue weighted by atomic mass is 10.3. The molecule has 0 radical (unpaired) electrons. The number of nitrogens with zero attached hydrogens (tertiary/aromatic N) is 5. The summed E-state index contributed by atoms with van der Waals surface area (Å²) < 4.78 is 2.08. The zero-order chi connectivity index (χ0) is 14.5. The van der Waals surface area contributed by atoms with Crippen molar-refractivity contribution in [3.8, 4) is 0 Å². The standard InChI is InChI=1S/C13H24N6O.ClH/c1-4-19-11(2)15-16-12(19)9-17(3)10-13(20)18-7-5-14-6-8-18;/h14H,4-10H2,1-3H3;1H. The van der Waals surface area contributed by atoms with Gasteiger partial charge in [0.15, 0.2) is 0 Å². The van der Waals surface area contributed by atoms with Crippen LogP contribution in [0.25, 0.3) is 0 Å². The number of piperazine rings is 1. The van der Waals surface area contributed by atoms with Crippen LogP contribution in [0.2, 0.25) is 0 Å². The van der Waals surface area contributed by atoms with E-state index in [1.807, 2.05) is 23.8 Å². The average Bonchev–Trinajstić information content (AvgIpc) is 2.79. The molecule has 1 fully saturated rings. The molecule has 2 rings (SSSR count). The Morgan fingerprint density at radius 1 is 1.33 bits per heavy atom. The molecule has 8 heteroatoms. The predicted molar refractivity (Wildman–Crippen MR) is 83.5 cm³/mol. The number of amides is 1. The third-order valence-electron chi connectivity index (χ3n) is 3.61. The fraction of sp³-hybridized carbons (Fsp3) is 0.769. The van der Waals surface area contributed by atoms with Gasteiger partial charge in [0.05, 0.1) is 13.1 Å². The van der Waals surface area contributed by atoms with E-state index in [9.17, 15) is 4.79 Å². The quantitative estimate of drug-likeness (QED) is 0.821. The van der Waals surface area contributed by atoms with Gasteiger partial charge in [-0.2, -0.15) is 0 Å². The van der Waals surface area contributed by atoms with Crippen LogP contribution in [0.1, 0.15) is 18.6 Å². The first-order valence-corrected chi connectivity index (χ1v) is 7.17. The highest BCUT2D eigenvalue weighted by Gasteiger charge is 2.18. The summed E-state index contributed by atoms with van der Waals surface area (Å²) in [6, 6.07) is 0. The second-order valence-electron chi connectivity index (χ2n) is 5.21. The third kappa shape index (κ3) is 4.66. The van der Waals surface area contributed by atoms with Crippen LogP contribution in [0, 0.1) is 6.92 Å². The van der Waals surface area contributed by atoms with E-state index in [1.54, 1.807) is 0 Å². The Balaban J connectivity index is 0.00000220. The number of carbonyl (C=O) groups excluding carboxylic acids is 1. The first-order valence-electron chi connectivity index (χ1n) is 7.17. The fourth-order valence-electron chi connectivity index (χ4n) is 2.50. The minimum atomic E-state index is 0. The summed E-state index contributed by atoms with van der Waals surface area (Å²) in [7, 11) is 1.95. The normalized spacial score (nSPS) is 15.1. The van der Waals surface area contributed by atoms with Crippen molar-refractivity contribution >= 4 is 18.3 Å². The van der Waals surface area contributed by atoms with Crippen molar-refractivity contribution in [2.24, 2.45) is 0 Å². The molecule has 0 spiro atoms. The van der Waals surface area contributed by atoms with Crippen LogP contribution in [-0.4, -0.2) is 70.2 Å². The zero-order valence-corrected chi connectivity index (χ0v) is 13.8. The minimum Gasteiger partial charge on any atom is -0.339 e. The smallest absolute Gasteiger partial charge is 0.236 e. The van der Waals surface area contributed by atoms with Crippen LogP contribution >= 0.6 is 12.4 Å². The second kappa shape index (κ2) is 8.31. The lowest BCUT2D eigenvalue weighted by Crippen LogP contribution is -2.49. The lowest BCUT2D eigenvalue weighted by molar-refractivity contribution is -0.132. The van der Waals surface area contributed by atoms with Crippen LogP contribution < -0.4 is 5.32 Å². The van der Waals surface area contributed by atoms with Crippen molar-refractivity contribution in [1.29, 1.82) is 0 Å². The molecule has 1 aliphatic heterocycles. The Morgan fingerprint density at radius 3 is 2.62 bits per heavy atom. The molecule has 0 aromatic carbocycles. The van der Waals surface area contributed by atoms with Crippen molar-refractivity contribution in [3.05, 3.63) is 11.6 Å². The SMILES string of the molecule is CCn1c(C)nnc1CN(C)CC(=O)N1CCNCC1.Cl. The van der Waals surface area contributed by atoms with Gasteiger partial charge >= 0.3 is 0 Å². The predicted octanol–water partition coefficient (Wildman–Crippen LogP) is -0.108. The van der Waals surface area contributed by atoms with Gasteiger partial charge in [0.2, 0.25) is 5.91 Å². The molecular weight excluding hydrogens is 292 g/mol. The molecule has 2 heterocycles. The first kappa shape index (κ1) is 17.9. The summed E-state index contributed by atoms with van der Waals surface area (Å²) in [4.78, 5) is 16.1. The van der Waals surface area contributed by atoms with E-state index in [-0.39, 0.29) is 18.3 Å². The third-order valence-corrected chi connectivity index (χ3v) is 3.61. The van der Waals surface area contributed by atoms with Gasteiger partial charge in [-0.1, -0.05) is 0 Å². The number of nitrogens with one attached hydrogen (secondary N) is 1. The number of aryl methyl sites for hydroxylation is 1. The van der Waals surface area contributed by atoms with Gasteiger partial charge in [0.1, 0.15) is 11.6 Å². The van der Waals surface area contributed by atoms with Crippen molar-refractivity contribution < 1.29 is 4.79 Å². The zero-order valence-electron chi connectivity index (χ0n) is 13.0. The van der Waals surface area contributed by atoms with Gasteiger partial charge in [0, 0.05) is 32.7 Å². The summed E-state index contributed by atoms with van der Waals surface area (Å²) in [6.45, 7) is 9.33. The number of halogens is 1. The molecule has 0 aliphatic carbocycles. The van der Waals surface area contributed by atoms with E-state index in [0.717, 1.165) is 44.4 Å². The van der Waals surface area contributed by atoms with E-state index in [0.29, 0.717) is 13.1 Å². The lowest BCUT2D eigenvalue weighted by Gasteiger charge is -2.29. The Hall–Kier alpha value is -1.18. The number of rotatable bonds is 5. The van der Waals surface area contributed by atoms with Gasteiger partial charge in [0.25, 0.3) is 0 Å². The first-order chi connectivity index (χ1) is 9.61. The fourth-order valence-corrected chi connectivity index (χ4v) is 2.50. The highest BCUT2D eigenvalue weighted by Crippen LogP contribution is 2.04. The highest BCUT2D eigenvalue weighted by atomic mass is 35.5. The molecule has 1 aliphatic rings. The number of carbonyl (C=O) groups is 1. The van der Waals surface area contributed by atoms with E-state index in [2.05, 4.69) is 27.0 Å². The maximum Gasteiger partial charge on any atom is 0.236 e.